The minimum Gasteiger partial charge on any atom is -0.328 e. The van der Waals surface area contributed by atoms with Gasteiger partial charge in [-0.2, -0.15) is 4.98 Å². The van der Waals surface area contributed by atoms with Gasteiger partial charge in [0.05, 0.1) is 5.57 Å². The van der Waals surface area contributed by atoms with Crippen LogP contribution in [-0.4, -0.2) is 20.7 Å². The van der Waals surface area contributed by atoms with E-state index >= 15 is 0 Å². The zero-order valence-corrected chi connectivity index (χ0v) is 22.0. The van der Waals surface area contributed by atoms with Gasteiger partial charge < -0.3 is 10.6 Å². The van der Waals surface area contributed by atoms with E-state index in [1.165, 1.54) is 17.8 Å². The van der Waals surface area contributed by atoms with Gasteiger partial charge in [0.15, 0.2) is 0 Å². The van der Waals surface area contributed by atoms with Gasteiger partial charge in [-0.3, -0.25) is 4.79 Å². The molecule has 0 spiro atoms. The van der Waals surface area contributed by atoms with E-state index in [4.69, 9.17) is 5.10 Å². The molecule has 0 bridgehead atoms. The molecule has 1 aromatic heterocycles. The number of allylic oxidation sites excluding steroid dienone is 1. The van der Waals surface area contributed by atoms with Crippen molar-refractivity contribution in [3.8, 4) is 0 Å². The average molecular weight is 564 g/mol. The first-order valence-corrected chi connectivity index (χ1v) is 13.1. The fourth-order valence-corrected chi connectivity index (χ4v) is 5.20. The molecule has 5 rings (SSSR count). The summed E-state index contributed by atoms with van der Waals surface area (Å²) in [6.07, 6.45) is 0. The Kier molecular flexibility index (Phi) is 6.93. The molecule has 2 heterocycles. The van der Waals surface area contributed by atoms with Crippen molar-refractivity contribution in [1.29, 1.82) is 0 Å². The molecule has 182 valence electrons. The molecule has 0 fully saturated rings. The van der Waals surface area contributed by atoms with Gasteiger partial charge in [-0.25, -0.2) is 9.07 Å². The molecular formula is C27H23BrFN5OS. The number of hydrogen-bond acceptors (Lipinski definition) is 5. The van der Waals surface area contributed by atoms with E-state index in [2.05, 4.69) is 31.5 Å². The fraction of sp³-hybridized carbons (Fsp3) is 0.148. The molecule has 1 aliphatic heterocycles. The van der Waals surface area contributed by atoms with Crippen LogP contribution in [0.4, 0.5) is 16.0 Å². The Morgan fingerprint density at radius 1 is 1.11 bits per heavy atom. The van der Waals surface area contributed by atoms with E-state index in [9.17, 15) is 9.18 Å². The topological polar surface area (TPSA) is 71.8 Å². The summed E-state index contributed by atoms with van der Waals surface area (Å²) in [5.41, 5.74) is 4.49. The predicted molar refractivity (Wildman–Crippen MR) is 144 cm³/mol. The number of carbonyl (C=O) groups is 1. The minimum absolute atomic E-state index is 0.222. The highest BCUT2D eigenvalue weighted by atomic mass is 79.9. The SMILES string of the molecule is CC1=C(C(=O)Nc2cccc(C)c2)C(c2ccc(Br)cc2)n2nc(SCc3ccccc3F)nc2N1. The molecule has 6 nitrogen and oxygen atoms in total. The molecular weight excluding hydrogens is 541 g/mol. The van der Waals surface area contributed by atoms with Crippen LogP contribution < -0.4 is 10.6 Å². The van der Waals surface area contributed by atoms with E-state index in [1.807, 2.05) is 68.4 Å². The first kappa shape index (κ1) is 24.3. The molecule has 2 N–H and O–H groups in total. The Balaban J connectivity index is 1.49. The van der Waals surface area contributed by atoms with Crippen LogP contribution in [0.2, 0.25) is 0 Å². The standard InChI is InChI=1S/C27H23BrFN5OS/c1-16-6-5-8-21(14-16)31-25(35)23-17(2)30-26-32-27(36-15-19-7-3-4-9-22(19)29)33-34(26)24(23)18-10-12-20(28)13-11-18/h3-14,24H,15H2,1-2H3,(H,31,35)(H,30,32,33). The quantitative estimate of drug-likeness (QED) is 0.255. The molecule has 3 aromatic carbocycles. The van der Waals surface area contributed by atoms with Crippen LogP contribution in [-0.2, 0) is 10.5 Å². The number of hydrogen-bond donors (Lipinski definition) is 2. The van der Waals surface area contributed by atoms with Crippen LogP contribution in [0.1, 0.15) is 29.7 Å². The van der Waals surface area contributed by atoms with Crippen LogP contribution >= 0.6 is 27.7 Å². The van der Waals surface area contributed by atoms with Crippen LogP contribution in [0, 0.1) is 12.7 Å². The summed E-state index contributed by atoms with van der Waals surface area (Å²) in [6, 6.07) is 21.7. The average Bonchev–Trinajstić information content (AvgIpc) is 3.25. The third-order valence-corrected chi connectivity index (χ3v) is 7.27. The number of carbonyl (C=O) groups excluding carboxylic acids is 1. The molecule has 1 atom stereocenters. The normalized spacial score (nSPS) is 14.8. The Morgan fingerprint density at radius 3 is 2.64 bits per heavy atom. The van der Waals surface area contributed by atoms with Crippen molar-refractivity contribution in [2.75, 3.05) is 10.6 Å². The third kappa shape index (κ3) is 5.08. The van der Waals surface area contributed by atoms with Crippen molar-refractivity contribution in [3.63, 3.8) is 0 Å². The van der Waals surface area contributed by atoms with Crippen molar-refractivity contribution >= 4 is 45.2 Å². The van der Waals surface area contributed by atoms with Crippen molar-refractivity contribution in [2.24, 2.45) is 0 Å². The van der Waals surface area contributed by atoms with Crippen molar-refractivity contribution in [1.82, 2.24) is 14.8 Å². The molecule has 0 aliphatic carbocycles. The Hall–Kier alpha value is -3.43. The molecule has 1 aliphatic rings. The summed E-state index contributed by atoms with van der Waals surface area (Å²) in [7, 11) is 0. The van der Waals surface area contributed by atoms with E-state index in [0.717, 1.165) is 21.3 Å². The van der Waals surface area contributed by atoms with Crippen LogP contribution in [0.3, 0.4) is 0 Å². The zero-order chi connectivity index (χ0) is 25.2. The zero-order valence-electron chi connectivity index (χ0n) is 19.6. The summed E-state index contributed by atoms with van der Waals surface area (Å²) in [6.45, 7) is 3.84. The highest BCUT2D eigenvalue weighted by Crippen LogP contribution is 2.37. The lowest BCUT2D eigenvalue weighted by atomic mass is 9.95. The summed E-state index contributed by atoms with van der Waals surface area (Å²) in [5.74, 6) is 0.447. The smallest absolute Gasteiger partial charge is 0.255 e. The number of rotatable bonds is 6. The second-order valence-electron chi connectivity index (χ2n) is 8.48. The van der Waals surface area contributed by atoms with Gasteiger partial charge in [-0.1, -0.05) is 70.2 Å². The Labute approximate surface area is 221 Å². The van der Waals surface area contributed by atoms with Crippen LogP contribution in [0.15, 0.2) is 93.7 Å². The second kappa shape index (κ2) is 10.3. The summed E-state index contributed by atoms with van der Waals surface area (Å²) < 4.78 is 16.8. The largest absolute Gasteiger partial charge is 0.328 e. The van der Waals surface area contributed by atoms with E-state index < -0.39 is 6.04 Å². The van der Waals surface area contributed by atoms with Crippen molar-refractivity contribution in [2.45, 2.75) is 30.8 Å². The lowest BCUT2D eigenvalue weighted by Crippen LogP contribution is -2.31. The number of thioether (sulfide) groups is 1. The molecule has 36 heavy (non-hydrogen) atoms. The van der Waals surface area contributed by atoms with Gasteiger partial charge in [0, 0.05) is 21.6 Å². The number of nitrogens with one attached hydrogen (secondary N) is 2. The monoisotopic (exact) mass is 563 g/mol. The maximum absolute atomic E-state index is 14.1. The molecule has 0 saturated carbocycles. The minimum atomic E-state index is -0.491. The van der Waals surface area contributed by atoms with Gasteiger partial charge in [0.1, 0.15) is 11.9 Å². The first-order chi connectivity index (χ1) is 17.4. The molecule has 1 amide bonds. The van der Waals surface area contributed by atoms with Gasteiger partial charge in [-0.05, 0) is 60.9 Å². The molecule has 1 unspecified atom stereocenters. The highest BCUT2D eigenvalue weighted by Gasteiger charge is 2.34. The summed E-state index contributed by atoms with van der Waals surface area (Å²) >= 11 is 4.83. The number of amides is 1. The molecule has 9 heteroatoms. The van der Waals surface area contributed by atoms with E-state index in [0.29, 0.717) is 33.7 Å². The first-order valence-electron chi connectivity index (χ1n) is 11.3. The van der Waals surface area contributed by atoms with Crippen LogP contribution in [0.5, 0.6) is 0 Å². The van der Waals surface area contributed by atoms with Gasteiger partial charge in [0.2, 0.25) is 11.1 Å². The maximum atomic E-state index is 14.1. The lowest BCUT2D eigenvalue weighted by molar-refractivity contribution is -0.113. The summed E-state index contributed by atoms with van der Waals surface area (Å²) in [4.78, 5) is 18.2. The van der Waals surface area contributed by atoms with Gasteiger partial charge in [-0.15, -0.1) is 5.10 Å². The summed E-state index contributed by atoms with van der Waals surface area (Å²) in [5, 5.41) is 11.5. The Morgan fingerprint density at radius 2 is 1.89 bits per heavy atom. The number of fused-ring (bicyclic) bond motifs is 1. The number of halogens is 2. The number of nitrogens with zero attached hydrogens (tertiary/aromatic N) is 3. The molecule has 0 saturated heterocycles. The molecule has 0 radical (unpaired) electrons. The highest BCUT2D eigenvalue weighted by molar-refractivity contribution is 9.10. The van der Waals surface area contributed by atoms with Gasteiger partial charge >= 0.3 is 0 Å². The lowest BCUT2D eigenvalue weighted by Gasteiger charge is -2.28. The number of benzene rings is 3. The van der Waals surface area contributed by atoms with Crippen molar-refractivity contribution < 1.29 is 9.18 Å². The van der Waals surface area contributed by atoms with Gasteiger partial charge in [0.25, 0.3) is 5.91 Å². The van der Waals surface area contributed by atoms with E-state index in [1.54, 1.807) is 16.8 Å². The second-order valence-corrected chi connectivity index (χ2v) is 10.3. The predicted octanol–water partition coefficient (Wildman–Crippen LogP) is 6.71. The van der Waals surface area contributed by atoms with Crippen LogP contribution in [0.25, 0.3) is 0 Å². The van der Waals surface area contributed by atoms with E-state index in [-0.39, 0.29) is 11.7 Å². The number of aryl methyl sites for hydroxylation is 1. The third-order valence-electron chi connectivity index (χ3n) is 5.85. The number of aromatic nitrogens is 3. The van der Waals surface area contributed by atoms with Crippen molar-refractivity contribution in [3.05, 3.63) is 111 Å². The molecule has 4 aromatic rings. The maximum Gasteiger partial charge on any atom is 0.255 e. The fourth-order valence-electron chi connectivity index (χ4n) is 4.12. The number of anilines is 2. The Bertz CT molecular complexity index is 1470.